The number of primary amides is 1. The third-order valence-corrected chi connectivity index (χ3v) is 5.07. The highest BCUT2D eigenvalue weighted by atomic mass is 19.1. The minimum atomic E-state index is -0.797. The summed E-state index contributed by atoms with van der Waals surface area (Å²) < 4.78 is 18.3. The minimum absolute atomic E-state index is 0.0449. The van der Waals surface area contributed by atoms with Gasteiger partial charge in [-0.05, 0) is 31.2 Å². The number of anilines is 3. The fourth-order valence-corrected chi connectivity index (χ4v) is 3.47. The van der Waals surface area contributed by atoms with E-state index >= 15 is 0 Å². The van der Waals surface area contributed by atoms with Crippen LogP contribution in [0.25, 0.3) is 10.9 Å². The molecule has 0 saturated carbocycles. The van der Waals surface area contributed by atoms with Gasteiger partial charge in [-0.3, -0.25) is 14.2 Å². The zero-order valence-corrected chi connectivity index (χ0v) is 17.5. The van der Waals surface area contributed by atoms with Gasteiger partial charge in [-0.15, -0.1) is 0 Å². The lowest BCUT2D eigenvalue weighted by Crippen LogP contribution is -2.34. The number of aromatic nitrogens is 5. The van der Waals surface area contributed by atoms with Gasteiger partial charge in [0, 0.05) is 30.9 Å². The van der Waals surface area contributed by atoms with Gasteiger partial charge in [0.25, 0.3) is 5.91 Å². The molecular formula is C21H24FN9O. The van der Waals surface area contributed by atoms with Crippen LogP contribution in [0.2, 0.25) is 0 Å². The van der Waals surface area contributed by atoms with E-state index in [1.807, 2.05) is 29.8 Å². The van der Waals surface area contributed by atoms with Crippen molar-refractivity contribution in [1.29, 1.82) is 0 Å². The summed E-state index contributed by atoms with van der Waals surface area (Å²) >= 11 is 0. The van der Waals surface area contributed by atoms with Crippen LogP contribution < -0.4 is 22.1 Å². The molecule has 1 amide bonds. The fourth-order valence-electron chi connectivity index (χ4n) is 3.47. The maximum atomic E-state index is 14.8. The first kappa shape index (κ1) is 21.2. The molecule has 4 aromatic rings. The second-order valence-corrected chi connectivity index (χ2v) is 7.21. The predicted octanol–water partition coefficient (Wildman–Crippen LogP) is 2.07. The first-order valence-electron chi connectivity index (χ1n) is 10.2. The highest BCUT2D eigenvalue weighted by molar-refractivity contribution is 6.00. The van der Waals surface area contributed by atoms with Crippen molar-refractivity contribution in [2.45, 2.75) is 26.1 Å². The van der Waals surface area contributed by atoms with E-state index in [0.29, 0.717) is 18.8 Å². The number of hydrogen-bond acceptors (Lipinski definition) is 7. The van der Waals surface area contributed by atoms with E-state index in [-0.39, 0.29) is 29.8 Å². The Morgan fingerprint density at radius 2 is 2.09 bits per heavy atom. The zero-order chi connectivity index (χ0) is 22.7. The number of halogens is 1. The van der Waals surface area contributed by atoms with Gasteiger partial charge in [0.05, 0.1) is 35.6 Å². The van der Waals surface area contributed by atoms with Crippen LogP contribution in [0, 0.1) is 5.82 Å². The molecular weight excluding hydrogens is 413 g/mol. The second kappa shape index (κ2) is 9.02. The molecule has 0 saturated heterocycles. The average molecular weight is 437 g/mol. The predicted molar refractivity (Wildman–Crippen MR) is 120 cm³/mol. The van der Waals surface area contributed by atoms with Crippen LogP contribution in [0.3, 0.4) is 0 Å². The van der Waals surface area contributed by atoms with Crippen LogP contribution in [0.4, 0.5) is 21.7 Å². The quantitative estimate of drug-likeness (QED) is 0.314. The lowest BCUT2D eigenvalue weighted by molar-refractivity contribution is 0.100. The second-order valence-electron chi connectivity index (χ2n) is 7.21. The number of nitrogens with zero attached hydrogens (tertiary/aromatic N) is 5. The molecule has 0 aliphatic carbocycles. The van der Waals surface area contributed by atoms with Crippen LogP contribution in [0.1, 0.15) is 17.3 Å². The fraction of sp³-hybridized carbons (Fsp3) is 0.238. The maximum Gasteiger partial charge on any atom is 0.252 e. The van der Waals surface area contributed by atoms with Crippen LogP contribution in [0.5, 0.6) is 0 Å². The van der Waals surface area contributed by atoms with Crippen molar-refractivity contribution < 1.29 is 9.18 Å². The molecule has 3 heterocycles. The van der Waals surface area contributed by atoms with Gasteiger partial charge in [0.1, 0.15) is 5.82 Å². The molecule has 166 valence electrons. The summed E-state index contributed by atoms with van der Waals surface area (Å²) in [6, 6.07) is 8.15. The van der Waals surface area contributed by atoms with Crippen LogP contribution in [0.15, 0.2) is 48.9 Å². The van der Waals surface area contributed by atoms with Crippen molar-refractivity contribution >= 4 is 34.1 Å². The van der Waals surface area contributed by atoms with E-state index in [0.717, 1.165) is 17.0 Å². The van der Waals surface area contributed by atoms with E-state index in [2.05, 4.69) is 25.8 Å². The molecule has 0 bridgehead atoms. The van der Waals surface area contributed by atoms with Crippen LogP contribution in [-0.4, -0.2) is 43.0 Å². The molecule has 3 aromatic heterocycles. The first-order valence-corrected chi connectivity index (χ1v) is 10.2. The highest BCUT2D eigenvalue weighted by Gasteiger charge is 2.19. The van der Waals surface area contributed by atoms with Gasteiger partial charge in [-0.25, -0.2) is 9.37 Å². The number of fused-ring (bicyclic) bond motifs is 1. The number of pyridine rings is 1. The van der Waals surface area contributed by atoms with E-state index < -0.39 is 11.7 Å². The van der Waals surface area contributed by atoms with Gasteiger partial charge < -0.3 is 22.1 Å². The Balaban J connectivity index is 1.68. The minimum Gasteiger partial charge on any atom is -0.365 e. The SMILES string of the molecule is CCn1ncc2c(Nc3nc(NC(CN)Cn4cccn4)c(F)cc3C(N)=O)cccc21. The summed E-state index contributed by atoms with van der Waals surface area (Å²) in [7, 11) is 0. The highest BCUT2D eigenvalue weighted by Crippen LogP contribution is 2.29. The number of benzene rings is 1. The maximum absolute atomic E-state index is 14.8. The summed E-state index contributed by atoms with van der Waals surface area (Å²) in [6.07, 6.45) is 5.16. The Labute approximate surface area is 183 Å². The number of hydrogen-bond donors (Lipinski definition) is 4. The van der Waals surface area contributed by atoms with E-state index in [4.69, 9.17) is 11.5 Å². The average Bonchev–Trinajstić information content (AvgIpc) is 3.45. The van der Waals surface area contributed by atoms with Crippen molar-refractivity contribution in [3.8, 4) is 0 Å². The molecule has 0 spiro atoms. The zero-order valence-electron chi connectivity index (χ0n) is 17.5. The summed E-state index contributed by atoms with van der Waals surface area (Å²) in [5.41, 5.74) is 12.9. The summed E-state index contributed by atoms with van der Waals surface area (Å²) in [4.78, 5) is 16.3. The van der Waals surface area contributed by atoms with Gasteiger partial charge >= 0.3 is 0 Å². The molecule has 11 heteroatoms. The summed E-state index contributed by atoms with van der Waals surface area (Å²) in [5, 5.41) is 15.5. The van der Waals surface area contributed by atoms with E-state index in [1.54, 1.807) is 29.3 Å². The molecule has 0 aliphatic rings. The first-order chi connectivity index (χ1) is 15.5. The molecule has 1 unspecified atom stereocenters. The van der Waals surface area contributed by atoms with Crippen molar-refractivity contribution in [3.63, 3.8) is 0 Å². The smallest absolute Gasteiger partial charge is 0.252 e. The standard InChI is InChI=1S/C21H24FN9O/c1-2-31-18-6-3-5-17(15(18)11-26-31)28-20-14(19(24)32)9-16(22)21(29-20)27-13(10-23)12-30-8-4-7-25-30/h3-9,11,13H,2,10,12,23H2,1H3,(H2,24,32)(H2,27,28,29). The lowest BCUT2D eigenvalue weighted by atomic mass is 10.2. The molecule has 1 aromatic carbocycles. The molecule has 32 heavy (non-hydrogen) atoms. The normalized spacial score (nSPS) is 12.1. The lowest BCUT2D eigenvalue weighted by Gasteiger charge is -2.19. The number of amides is 1. The topological polar surface area (TPSA) is 142 Å². The third-order valence-electron chi connectivity index (χ3n) is 5.07. The molecule has 1 atom stereocenters. The number of carbonyl (C=O) groups excluding carboxylic acids is 1. The summed E-state index contributed by atoms with van der Waals surface area (Å²) in [5.74, 6) is -1.42. The summed E-state index contributed by atoms with van der Waals surface area (Å²) in [6.45, 7) is 3.34. The van der Waals surface area contributed by atoms with Gasteiger partial charge in [-0.1, -0.05) is 6.07 Å². The number of aryl methyl sites for hydroxylation is 1. The third kappa shape index (κ3) is 4.23. The molecule has 4 rings (SSSR count). The van der Waals surface area contributed by atoms with Gasteiger partial charge in [0.15, 0.2) is 11.6 Å². The molecule has 6 N–H and O–H groups in total. The van der Waals surface area contributed by atoms with Gasteiger partial charge in [0.2, 0.25) is 0 Å². The molecule has 0 aliphatic heterocycles. The molecule has 10 nitrogen and oxygen atoms in total. The van der Waals surface area contributed by atoms with Crippen molar-refractivity contribution in [3.05, 3.63) is 60.3 Å². The number of nitrogens with two attached hydrogens (primary N) is 2. The van der Waals surface area contributed by atoms with Crippen molar-refractivity contribution in [2.24, 2.45) is 11.5 Å². The Kier molecular flexibility index (Phi) is 5.99. The monoisotopic (exact) mass is 437 g/mol. The Morgan fingerprint density at radius 1 is 1.25 bits per heavy atom. The molecule has 0 fully saturated rings. The number of nitrogens with one attached hydrogen (secondary N) is 2. The number of carbonyl (C=O) groups is 1. The molecule has 0 radical (unpaired) electrons. The largest absolute Gasteiger partial charge is 0.365 e. The van der Waals surface area contributed by atoms with Crippen molar-refractivity contribution in [1.82, 2.24) is 24.5 Å². The number of rotatable bonds is 9. The Hall–Kier alpha value is -3.99. The van der Waals surface area contributed by atoms with Gasteiger partial charge in [-0.2, -0.15) is 10.2 Å². The Morgan fingerprint density at radius 3 is 2.78 bits per heavy atom. The van der Waals surface area contributed by atoms with Crippen LogP contribution in [-0.2, 0) is 13.1 Å². The van der Waals surface area contributed by atoms with Crippen LogP contribution >= 0.6 is 0 Å². The van der Waals surface area contributed by atoms with E-state index in [1.165, 1.54) is 0 Å². The Bertz CT molecular complexity index is 1240. The van der Waals surface area contributed by atoms with Crippen molar-refractivity contribution in [2.75, 3.05) is 17.2 Å². The van der Waals surface area contributed by atoms with E-state index in [9.17, 15) is 9.18 Å².